The third kappa shape index (κ3) is 2.87. The Labute approximate surface area is 183 Å². The number of aliphatic hydroxyl groups is 1. The van der Waals surface area contributed by atoms with Crippen molar-refractivity contribution < 1.29 is 19.1 Å². The molecule has 1 atom stereocenters. The number of anilines is 1. The van der Waals surface area contributed by atoms with Gasteiger partial charge in [0.1, 0.15) is 11.3 Å². The molecule has 150 valence electrons. The topological polar surface area (TPSA) is 83.6 Å². The molecule has 9 heteroatoms. The van der Waals surface area contributed by atoms with Gasteiger partial charge in [0.05, 0.1) is 21.3 Å². The van der Waals surface area contributed by atoms with Crippen LogP contribution in [0.1, 0.15) is 27.9 Å². The summed E-state index contributed by atoms with van der Waals surface area (Å²) in [7, 11) is 0. The SMILES string of the molecule is Cc1ccc(C(=O)C2=C(O)C(=O)N(c3nc4c(Cl)cccc4s3)[C@@H]2c2ccsc2)o1. The Morgan fingerprint density at radius 1 is 1.27 bits per heavy atom. The standard InChI is InChI=1S/C21H13ClN2O4S2/c1-10-5-6-13(28-10)18(25)15-17(11-7-8-29-9-11)24(20(27)19(15)26)21-23-16-12(22)3-2-4-14(16)30-21/h2-9,17,26H,1H3/t17-/m1/s1. The quantitative estimate of drug-likeness (QED) is 0.398. The van der Waals surface area contributed by atoms with Gasteiger partial charge in [0.25, 0.3) is 5.91 Å². The largest absolute Gasteiger partial charge is 0.503 e. The molecule has 4 heterocycles. The van der Waals surface area contributed by atoms with Crippen LogP contribution in [-0.2, 0) is 4.79 Å². The van der Waals surface area contributed by atoms with E-state index >= 15 is 0 Å². The van der Waals surface area contributed by atoms with E-state index in [2.05, 4.69) is 4.98 Å². The molecule has 1 aliphatic rings. The highest BCUT2D eigenvalue weighted by atomic mass is 35.5. The number of aliphatic hydroxyl groups excluding tert-OH is 1. The van der Waals surface area contributed by atoms with Gasteiger partial charge < -0.3 is 9.52 Å². The van der Waals surface area contributed by atoms with Crippen molar-refractivity contribution in [3.8, 4) is 0 Å². The number of amides is 1. The molecule has 0 unspecified atom stereocenters. The molecule has 1 N–H and O–H groups in total. The molecule has 3 aromatic heterocycles. The Kier molecular flexibility index (Phi) is 4.50. The Morgan fingerprint density at radius 3 is 2.77 bits per heavy atom. The van der Waals surface area contributed by atoms with Crippen LogP contribution in [0.3, 0.4) is 0 Å². The van der Waals surface area contributed by atoms with Crippen LogP contribution in [-0.4, -0.2) is 21.8 Å². The highest BCUT2D eigenvalue weighted by Gasteiger charge is 2.46. The van der Waals surface area contributed by atoms with Gasteiger partial charge in [-0.05, 0) is 53.6 Å². The number of aryl methyl sites for hydroxylation is 1. The monoisotopic (exact) mass is 456 g/mol. The zero-order chi connectivity index (χ0) is 21.0. The molecule has 0 radical (unpaired) electrons. The maximum atomic E-state index is 13.2. The molecular weight excluding hydrogens is 444 g/mol. The Balaban J connectivity index is 1.67. The van der Waals surface area contributed by atoms with Gasteiger partial charge in [-0.3, -0.25) is 14.5 Å². The summed E-state index contributed by atoms with van der Waals surface area (Å²) in [6.45, 7) is 1.72. The predicted octanol–water partition coefficient (Wildman–Crippen LogP) is 5.70. The van der Waals surface area contributed by atoms with Crippen molar-refractivity contribution in [2.24, 2.45) is 0 Å². The third-order valence-electron chi connectivity index (χ3n) is 4.84. The van der Waals surface area contributed by atoms with E-state index in [9.17, 15) is 14.7 Å². The highest BCUT2D eigenvalue weighted by Crippen LogP contribution is 2.45. The number of thiophene rings is 1. The number of carbonyl (C=O) groups excluding carboxylic acids is 2. The van der Waals surface area contributed by atoms with Crippen LogP contribution < -0.4 is 4.90 Å². The predicted molar refractivity (Wildman–Crippen MR) is 117 cm³/mol. The second-order valence-electron chi connectivity index (χ2n) is 6.72. The number of benzene rings is 1. The number of nitrogens with zero attached hydrogens (tertiary/aromatic N) is 2. The number of hydrogen-bond acceptors (Lipinski definition) is 7. The lowest BCUT2D eigenvalue weighted by Gasteiger charge is -2.23. The average molecular weight is 457 g/mol. The summed E-state index contributed by atoms with van der Waals surface area (Å²) < 4.78 is 6.26. The summed E-state index contributed by atoms with van der Waals surface area (Å²) in [4.78, 5) is 32.2. The number of carbonyl (C=O) groups is 2. The minimum Gasteiger partial charge on any atom is -0.503 e. The molecule has 0 saturated heterocycles. The molecule has 1 aliphatic heterocycles. The summed E-state index contributed by atoms with van der Waals surface area (Å²) in [5, 5.41) is 15.2. The molecule has 0 fully saturated rings. The first-order valence-corrected chi connectivity index (χ1v) is 11.0. The van der Waals surface area contributed by atoms with Crippen LogP contribution in [0.2, 0.25) is 5.02 Å². The number of aromatic nitrogens is 1. The summed E-state index contributed by atoms with van der Waals surface area (Å²) in [5.74, 6) is -1.20. The fourth-order valence-electron chi connectivity index (χ4n) is 3.48. The van der Waals surface area contributed by atoms with Gasteiger partial charge in [0, 0.05) is 0 Å². The third-order valence-corrected chi connectivity index (χ3v) is 6.87. The van der Waals surface area contributed by atoms with Crippen LogP contribution >= 0.6 is 34.3 Å². The van der Waals surface area contributed by atoms with Crippen molar-refractivity contribution in [3.05, 3.63) is 80.6 Å². The van der Waals surface area contributed by atoms with Crippen LogP contribution in [0, 0.1) is 6.92 Å². The van der Waals surface area contributed by atoms with Crippen molar-refractivity contribution in [3.63, 3.8) is 0 Å². The summed E-state index contributed by atoms with van der Waals surface area (Å²) in [6.07, 6.45) is 0. The molecule has 0 spiro atoms. The second kappa shape index (κ2) is 7.09. The van der Waals surface area contributed by atoms with Gasteiger partial charge in [0.2, 0.25) is 5.78 Å². The number of hydrogen-bond donors (Lipinski definition) is 1. The number of Topliss-reactive ketones (excluding diaryl/α,β-unsaturated/α-hetero) is 1. The molecule has 1 amide bonds. The van der Waals surface area contributed by atoms with Crippen molar-refractivity contribution in [1.29, 1.82) is 0 Å². The van der Waals surface area contributed by atoms with Gasteiger partial charge in [-0.2, -0.15) is 11.3 Å². The van der Waals surface area contributed by atoms with Crippen molar-refractivity contribution in [2.45, 2.75) is 13.0 Å². The first-order valence-electron chi connectivity index (χ1n) is 8.90. The van der Waals surface area contributed by atoms with Gasteiger partial charge in [-0.15, -0.1) is 0 Å². The van der Waals surface area contributed by atoms with Crippen molar-refractivity contribution in [1.82, 2.24) is 4.98 Å². The number of rotatable bonds is 4. The fourth-order valence-corrected chi connectivity index (χ4v) is 5.45. The Hall–Kier alpha value is -2.94. The average Bonchev–Trinajstić information content (AvgIpc) is 3.49. The van der Waals surface area contributed by atoms with Crippen LogP contribution in [0.4, 0.5) is 5.13 Å². The molecule has 0 saturated carbocycles. The molecule has 6 nitrogen and oxygen atoms in total. The number of fused-ring (bicyclic) bond motifs is 1. The Bertz CT molecular complexity index is 1340. The van der Waals surface area contributed by atoms with E-state index in [1.807, 2.05) is 22.9 Å². The first-order chi connectivity index (χ1) is 14.5. The molecule has 1 aromatic carbocycles. The number of furan rings is 1. The second-order valence-corrected chi connectivity index (χ2v) is 8.92. The summed E-state index contributed by atoms with van der Waals surface area (Å²) >= 11 is 8.96. The minimum absolute atomic E-state index is 0.0295. The molecule has 0 aliphatic carbocycles. The van der Waals surface area contributed by atoms with E-state index < -0.39 is 23.5 Å². The first kappa shape index (κ1) is 19.0. The van der Waals surface area contributed by atoms with E-state index in [0.717, 1.165) is 4.70 Å². The summed E-state index contributed by atoms with van der Waals surface area (Å²) in [6, 6.07) is 9.57. The Morgan fingerprint density at radius 2 is 2.10 bits per heavy atom. The lowest BCUT2D eigenvalue weighted by Crippen LogP contribution is -2.30. The minimum atomic E-state index is -0.819. The zero-order valence-electron chi connectivity index (χ0n) is 15.5. The van der Waals surface area contributed by atoms with Crippen molar-refractivity contribution in [2.75, 3.05) is 4.90 Å². The zero-order valence-corrected chi connectivity index (χ0v) is 17.8. The fraction of sp³-hybridized carbons (Fsp3) is 0.0952. The van der Waals surface area contributed by atoms with Crippen molar-refractivity contribution >= 4 is 61.3 Å². The normalized spacial score (nSPS) is 16.8. The smallest absolute Gasteiger partial charge is 0.296 e. The molecular formula is C21H13ClN2O4S2. The number of para-hydroxylation sites is 1. The van der Waals surface area contributed by atoms with E-state index in [1.165, 1.54) is 33.6 Å². The maximum absolute atomic E-state index is 13.2. The van der Waals surface area contributed by atoms with E-state index in [1.54, 1.807) is 25.1 Å². The molecule has 4 aromatic rings. The highest BCUT2D eigenvalue weighted by molar-refractivity contribution is 7.22. The number of halogens is 1. The summed E-state index contributed by atoms with van der Waals surface area (Å²) in [5.41, 5.74) is 1.24. The van der Waals surface area contributed by atoms with Gasteiger partial charge in [-0.25, -0.2) is 4.98 Å². The lowest BCUT2D eigenvalue weighted by molar-refractivity contribution is -0.117. The van der Waals surface area contributed by atoms with E-state index in [4.69, 9.17) is 16.0 Å². The van der Waals surface area contributed by atoms with E-state index in [-0.39, 0.29) is 11.3 Å². The number of thiazole rings is 1. The molecule has 5 rings (SSSR count). The van der Waals surface area contributed by atoms with Gasteiger partial charge >= 0.3 is 0 Å². The van der Waals surface area contributed by atoms with Crippen LogP contribution in [0.15, 0.2) is 62.9 Å². The van der Waals surface area contributed by atoms with Crippen LogP contribution in [0.25, 0.3) is 10.2 Å². The van der Waals surface area contributed by atoms with E-state index in [0.29, 0.717) is 27.0 Å². The van der Waals surface area contributed by atoms with Crippen LogP contribution in [0.5, 0.6) is 0 Å². The molecule has 30 heavy (non-hydrogen) atoms. The lowest BCUT2D eigenvalue weighted by atomic mass is 9.97. The van der Waals surface area contributed by atoms with Gasteiger partial charge in [-0.1, -0.05) is 29.0 Å². The molecule has 0 bridgehead atoms. The maximum Gasteiger partial charge on any atom is 0.296 e. The number of ketones is 1. The van der Waals surface area contributed by atoms with Gasteiger partial charge in [0.15, 0.2) is 16.7 Å².